The van der Waals surface area contributed by atoms with Crippen LogP contribution >= 0.6 is 11.8 Å². The second kappa shape index (κ2) is 36.7. The summed E-state index contributed by atoms with van der Waals surface area (Å²) in [5, 5.41) is 9.68. The van der Waals surface area contributed by atoms with Gasteiger partial charge in [-0.25, -0.2) is 0 Å². The Morgan fingerprint density at radius 3 is 1.48 bits per heavy atom. The summed E-state index contributed by atoms with van der Waals surface area (Å²) >= 11 is 1.52. The number of carbonyl (C=O) groups is 2. The van der Waals surface area contributed by atoms with Gasteiger partial charge in [-0.1, -0.05) is 100 Å². The van der Waals surface area contributed by atoms with Crippen molar-refractivity contribution in [2.75, 3.05) is 46.6 Å². The van der Waals surface area contributed by atoms with E-state index in [9.17, 15) is 14.7 Å². The predicted octanol–water partition coefficient (Wildman–Crippen LogP) is 10.7. The van der Waals surface area contributed by atoms with Gasteiger partial charge in [0.1, 0.15) is 6.29 Å². The molecule has 46 heavy (non-hydrogen) atoms. The molecule has 6 nitrogen and oxygen atoms in total. The molecule has 0 aliphatic rings. The van der Waals surface area contributed by atoms with Crippen molar-refractivity contribution in [2.24, 2.45) is 0 Å². The topological polar surface area (TPSA) is 70.1 Å². The molecule has 0 radical (unpaired) electrons. The molecule has 0 aliphatic heterocycles. The fourth-order valence-corrected chi connectivity index (χ4v) is 6.30. The Morgan fingerprint density at radius 1 is 0.609 bits per heavy atom. The monoisotopic (exact) mass is 667 g/mol. The minimum absolute atomic E-state index is 0.286. The van der Waals surface area contributed by atoms with Gasteiger partial charge in [-0.3, -0.25) is 4.79 Å². The fourth-order valence-electron chi connectivity index (χ4n) is 5.48. The predicted molar refractivity (Wildman–Crippen MR) is 201 cm³/mol. The third-order valence-electron chi connectivity index (χ3n) is 8.45. The Hall–Kier alpha value is -1.15. The van der Waals surface area contributed by atoms with Crippen LogP contribution in [0.1, 0.15) is 161 Å². The van der Waals surface area contributed by atoms with Crippen molar-refractivity contribution < 1.29 is 19.4 Å². The summed E-state index contributed by atoms with van der Waals surface area (Å²) in [6, 6.07) is 0. The molecule has 0 saturated heterocycles. The highest BCUT2D eigenvalue weighted by Gasteiger charge is 2.13. The largest absolute Gasteiger partial charge is 0.368 e. The van der Waals surface area contributed by atoms with E-state index in [2.05, 4.69) is 48.2 Å². The summed E-state index contributed by atoms with van der Waals surface area (Å²) < 4.78 is 4.87. The summed E-state index contributed by atoms with van der Waals surface area (Å²) in [7, 11) is 5.74. The highest BCUT2D eigenvalue weighted by Crippen LogP contribution is 2.16. The Labute approximate surface area is 289 Å². The first kappa shape index (κ1) is 44.9. The number of methoxy groups -OCH3 is 1. The third kappa shape index (κ3) is 34.2. The van der Waals surface area contributed by atoms with Crippen molar-refractivity contribution in [1.82, 2.24) is 9.80 Å². The molecule has 1 amide bonds. The maximum Gasteiger partial charge on any atom is 0.281 e. The van der Waals surface area contributed by atoms with E-state index in [1.165, 1.54) is 102 Å². The molecule has 270 valence electrons. The van der Waals surface area contributed by atoms with Crippen LogP contribution < -0.4 is 0 Å². The maximum absolute atomic E-state index is 13.0. The maximum atomic E-state index is 13.0. The standard InChI is InChI=1S/C39H74N2O4S/c1-40(2)33-31-37-46-39(44)41(34-28-24-20-16-12-8-4-5-10-14-18-22-26-30-36-42)35-29-25-21-17-13-9-6-7-11-15-19-23-27-32-38(43)45-3/h5,7,10-11,36,38,43H,4,6,8-9,12-35,37H2,1-3H3/b10-5-,11-7-. The van der Waals surface area contributed by atoms with E-state index in [1.807, 2.05) is 0 Å². The zero-order valence-corrected chi connectivity index (χ0v) is 31.3. The van der Waals surface area contributed by atoms with Crippen LogP contribution in [-0.4, -0.2) is 79.3 Å². The highest BCUT2D eigenvalue weighted by molar-refractivity contribution is 8.13. The van der Waals surface area contributed by atoms with Gasteiger partial charge in [0.25, 0.3) is 5.24 Å². The van der Waals surface area contributed by atoms with Gasteiger partial charge in [0.2, 0.25) is 0 Å². The number of aliphatic hydroxyl groups excluding tert-OH is 1. The first-order valence-corrected chi connectivity index (χ1v) is 20.0. The van der Waals surface area contributed by atoms with Crippen molar-refractivity contribution in [3.05, 3.63) is 24.3 Å². The summed E-state index contributed by atoms with van der Waals surface area (Å²) in [5.41, 5.74) is 0. The number of nitrogens with zero attached hydrogens (tertiary/aromatic N) is 2. The molecule has 0 spiro atoms. The van der Waals surface area contributed by atoms with Gasteiger partial charge in [-0.2, -0.15) is 0 Å². The lowest BCUT2D eigenvalue weighted by Gasteiger charge is -2.22. The summed E-state index contributed by atoms with van der Waals surface area (Å²) in [6.45, 7) is 2.86. The van der Waals surface area contributed by atoms with Crippen LogP contribution in [0.2, 0.25) is 0 Å². The molecule has 0 aromatic rings. The zero-order valence-electron chi connectivity index (χ0n) is 30.4. The van der Waals surface area contributed by atoms with Gasteiger partial charge in [0, 0.05) is 32.4 Å². The van der Waals surface area contributed by atoms with Crippen LogP contribution in [0.25, 0.3) is 0 Å². The minimum atomic E-state index is -0.601. The van der Waals surface area contributed by atoms with Gasteiger partial charge in [0.15, 0.2) is 6.29 Å². The molecular weight excluding hydrogens is 593 g/mol. The Kier molecular flexibility index (Phi) is 35.8. The number of aldehydes is 1. The highest BCUT2D eigenvalue weighted by atomic mass is 32.2. The molecule has 0 aliphatic carbocycles. The van der Waals surface area contributed by atoms with Crippen LogP contribution in [0.5, 0.6) is 0 Å². The van der Waals surface area contributed by atoms with E-state index < -0.39 is 6.29 Å². The molecule has 0 fully saturated rings. The lowest BCUT2D eigenvalue weighted by Crippen LogP contribution is -2.30. The molecular formula is C39H74N2O4S. The fraction of sp³-hybridized carbons (Fsp3) is 0.846. The van der Waals surface area contributed by atoms with E-state index in [0.717, 1.165) is 95.9 Å². The third-order valence-corrected chi connectivity index (χ3v) is 9.45. The second-order valence-corrected chi connectivity index (χ2v) is 14.2. The number of unbranched alkanes of at least 4 members (excludes halogenated alkanes) is 19. The van der Waals surface area contributed by atoms with Gasteiger partial charge in [0.05, 0.1) is 0 Å². The van der Waals surface area contributed by atoms with E-state index in [4.69, 9.17) is 4.74 Å². The van der Waals surface area contributed by atoms with Crippen molar-refractivity contribution in [3.8, 4) is 0 Å². The van der Waals surface area contributed by atoms with Crippen molar-refractivity contribution >= 4 is 23.3 Å². The average Bonchev–Trinajstić information content (AvgIpc) is 3.05. The van der Waals surface area contributed by atoms with Crippen molar-refractivity contribution in [2.45, 2.75) is 167 Å². The second-order valence-electron chi connectivity index (χ2n) is 13.2. The average molecular weight is 667 g/mol. The van der Waals surface area contributed by atoms with E-state index in [-0.39, 0.29) is 5.24 Å². The van der Waals surface area contributed by atoms with Crippen LogP contribution in [-0.2, 0) is 9.53 Å². The number of rotatable bonds is 35. The molecule has 1 unspecified atom stereocenters. The van der Waals surface area contributed by atoms with E-state index >= 15 is 0 Å². The van der Waals surface area contributed by atoms with Gasteiger partial charge < -0.3 is 24.4 Å². The molecule has 1 atom stereocenters. The molecule has 0 saturated carbocycles. The molecule has 1 N–H and O–H groups in total. The Bertz CT molecular complexity index is 716. The number of thioether (sulfide) groups is 1. The number of hydrogen-bond acceptors (Lipinski definition) is 6. The number of carbonyl (C=O) groups excluding carboxylic acids is 2. The van der Waals surface area contributed by atoms with Crippen LogP contribution in [0, 0.1) is 0 Å². The molecule has 7 heteroatoms. The molecule has 0 bridgehead atoms. The van der Waals surface area contributed by atoms with Crippen molar-refractivity contribution in [3.63, 3.8) is 0 Å². The van der Waals surface area contributed by atoms with Crippen LogP contribution in [0.4, 0.5) is 4.79 Å². The SMILES string of the molecule is COC(O)CCCCC/C=C\CCCCCCCCN(CCCCCCCC/C=C\CCCCCC=O)C(=O)SCCCN(C)C. The van der Waals surface area contributed by atoms with Crippen molar-refractivity contribution in [1.29, 1.82) is 0 Å². The quantitative estimate of drug-likeness (QED) is 0.0314. The van der Waals surface area contributed by atoms with Crippen LogP contribution in [0.3, 0.4) is 0 Å². The first-order chi connectivity index (χ1) is 22.5. The normalized spacial score (nSPS) is 12.5. The summed E-state index contributed by atoms with van der Waals surface area (Å²) in [6.07, 6.45) is 38.6. The van der Waals surface area contributed by atoms with Gasteiger partial charge >= 0.3 is 0 Å². The molecule has 0 aromatic heterocycles. The zero-order chi connectivity index (χ0) is 33.8. The smallest absolute Gasteiger partial charge is 0.281 e. The summed E-state index contributed by atoms with van der Waals surface area (Å²) in [5.74, 6) is 0.912. The molecule has 0 aromatic carbocycles. The number of ether oxygens (including phenoxy) is 1. The van der Waals surface area contributed by atoms with E-state index in [0.29, 0.717) is 6.42 Å². The minimum Gasteiger partial charge on any atom is -0.368 e. The van der Waals surface area contributed by atoms with E-state index in [1.54, 1.807) is 7.11 Å². The van der Waals surface area contributed by atoms with Gasteiger partial charge in [-0.15, -0.1) is 0 Å². The number of allylic oxidation sites excluding steroid dienone is 4. The number of amides is 1. The Morgan fingerprint density at radius 2 is 1.02 bits per heavy atom. The lowest BCUT2D eigenvalue weighted by molar-refractivity contribution is -0.107. The number of aliphatic hydroxyl groups is 1. The summed E-state index contributed by atoms with van der Waals surface area (Å²) in [4.78, 5) is 27.7. The van der Waals surface area contributed by atoms with Crippen LogP contribution in [0.15, 0.2) is 24.3 Å². The number of hydrogen-bond donors (Lipinski definition) is 1. The first-order valence-electron chi connectivity index (χ1n) is 19.0. The lowest BCUT2D eigenvalue weighted by atomic mass is 10.1. The Balaban J connectivity index is 3.98. The molecule has 0 rings (SSSR count). The molecule has 0 heterocycles. The van der Waals surface area contributed by atoms with Gasteiger partial charge in [-0.05, 0) is 111 Å².